The SMILES string of the molecule is CCC(C)C(N)C(=O)NC(CCC(N)=O)C(=O)NC(CC(C)C)C(=O)NC(CC(C)C)C(=O)O. The highest BCUT2D eigenvalue weighted by Crippen LogP contribution is 2.11. The van der Waals surface area contributed by atoms with Gasteiger partial charge in [-0.1, -0.05) is 48.0 Å². The topological polar surface area (TPSA) is 194 Å². The molecular formula is C23H43N5O6. The fourth-order valence-electron chi connectivity index (χ4n) is 3.28. The zero-order valence-electron chi connectivity index (χ0n) is 21.2. The van der Waals surface area contributed by atoms with Crippen molar-refractivity contribution >= 4 is 29.6 Å². The summed E-state index contributed by atoms with van der Waals surface area (Å²) in [6.07, 6.45) is 0.905. The highest BCUT2D eigenvalue weighted by molar-refractivity contribution is 5.94. The Hall–Kier alpha value is -2.69. The third-order valence-electron chi connectivity index (χ3n) is 5.53. The first-order valence-corrected chi connectivity index (χ1v) is 11.9. The molecule has 11 heteroatoms. The smallest absolute Gasteiger partial charge is 0.326 e. The van der Waals surface area contributed by atoms with Gasteiger partial charge in [0.05, 0.1) is 6.04 Å². The van der Waals surface area contributed by atoms with Gasteiger partial charge in [0.15, 0.2) is 0 Å². The summed E-state index contributed by atoms with van der Waals surface area (Å²) in [5.74, 6) is -3.77. The number of primary amides is 1. The fraction of sp³-hybridized carbons (Fsp3) is 0.783. The zero-order chi connectivity index (χ0) is 26.6. The minimum Gasteiger partial charge on any atom is -0.480 e. The van der Waals surface area contributed by atoms with Crippen LogP contribution in [0.2, 0.25) is 0 Å². The molecule has 0 saturated carbocycles. The lowest BCUT2D eigenvalue weighted by Gasteiger charge is -2.27. The third kappa shape index (κ3) is 12.0. The molecule has 0 fully saturated rings. The van der Waals surface area contributed by atoms with Gasteiger partial charge >= 0.3 is 5.97 Å². The number of carboxylic acids is 1. The predicted molar refractivity (Wildman–Crippen MR) is 128 cm³/mol. The van der Waals surface area contributed by atoms with Crippen LogP contribution < -0.4 is 27.4 Å². The number of amides is 4. The number of aliphatic carboxylic acids is 1. The number of rotatable bonds is 16. The molecule has 196 valence electrons. The molecule has 0 aliphatic rings. The van der Waals surface area contributed by atoms with Gasteiger partial charge in [0, 0.05) is 6.42 Å². The Labute approximate surface area is 202 Å². The monoisotopic (exact) mass is 485 g/mol. The van der Waals surface area contributed by atoms with E-state index in [0.29, 0.717) is 6.42 Å². The number of carbonyl (C=O) groups is 5. The predicted octanol–water partition coefficient (Wildman–Crippen LogP) is 0.257. The number of nitrogens with one attached hydrogen (secondary N) is 3. The lowest BCUT2D eigenvalue weighted by Crippen LogP contribution is -2.58. The van der Waals surface area contributed by atoms with E-state index in [1.54, 1.807) is 0 Å². The van der Waals surface area contributed by atoms with E-state index >= 15 is 0 Å². The van der Waals surface area contributed by atoms with Crippen molar-refractivity contribution in [3.8, 4) is 0 Å². The zero-order valence-corrected chi connectivity index (χ0v) is 21.2. The molecular weight excluding hydrogens is 442 g/mol. The van der Waals surface area contributed by atoms with Gasteiger partial charge < -0.3 is 32.5 Å². The van der Waals surface area contributed by atoms with Crippen LogP contribution in [0.1, 0.15) is 73.6 Å². The Balaban J connectivity index is 5.60. The van der Waals surface area contributed by atoms with E-state index in [4.69, 9.17) is 11.5 Å². The van der Waals surface area contributed by atoms with Crippen LogP contribution in [0.3, 0.4) is 0 Å². The standard InChI is InChI=1S/C23H43N5O6/c1-7-14(6)19(25)22(32)26-15(8-9-18(24)29)20(30)27-16(10-12(2)3)21(31)28-17(23(33)34)11-13(4)5/h12-17,19H,7-11,25H2,1-6H3,(H2,24,29)(H,26,32)(H,27,30)(H,28,31)(H,33,34). The molecule has 0 aromatic carbocycles. The Morgan fingerprint density at radius 2 is 1.21 bits per heavy atom. The van der Waals surface area contributed by atoms with Gasteiger partial charge in [0.25, 0.3) is 0 Å². The molecule has 0 saturated heterocycles. The van der Waals surface area contributed by atoms with Crippen molar-refractivity contribution in [2.75, 3.05) is 0 Å². The van der Waals surface area contributed by atoms with E-state index in [0.717, 1.165) is 0 Å². The second kappa shape index (κ2) is 15.3. The Morgan fingerprint density at radius 1 is 0.765 bits per heavy atom. The summed E-state index contributed by atoms with van der Waals surface area (Å²) in [4.78, 5) is 61.3. The average Bonchev–Trinajstić information content (AvgIpc) is 2.73. The van der Waals surface area contributed by atoms with Crippen LogP contribution in [0.15, 0.2) is 0 Å². The van der Waals surface area contributed by atoms with E-state index in [1.807, 2.05) is 41.5 Å². The van der Waals surface area contributed by atoms with Crippen molar-refractivity contribution in [1.29, 1.82) is 0 Å². The Morgan fingerprint density at radius 3 is 1.65 bits per heavy atom. The molecule has 0 aliphatic carbocycles. The molecule has 0 aromatic heterocycles. The van der Waals surface area contributed by atoms with Crippen molar-refractivity contribution in [2.45, 2.75) is 97.8 Å². The number of carboxylic acid groups (broad SMARTS) is 1. The number of carbonyl (C=O) groups excluding carboxylic acids is 4. The van der Waals surface area contributed by atoms with Gasteiger partial charge in [0.2, 0.25) is 23.6 Å². The van der Waals surface area contributed by atoms with E-state index in [9.17, 15) is 29.1 Å². The molecule has 4 amide bonds. The fourth-order valence-corrected chi connectivity index (χ4v) is 3.28. The van der Waals surface area contributed by atoms with Crippen LogP contribution in [0.25, 0.3) is 0 Å². The first-order chi connectivity index (χ1) is 15.7. The van der Waals surface area contributed by atoms with Gasteiger partial charge in [-0.15, -0.1) is 0 Å². The maximum atomic E-state index is 13.0. The maximum Gasteiger partial charge on any atom is 0.326 e. The van der Waals surface area contributed by atoms with Crippen molar-refractivity contribution in [2.24, 2.45) is 29.2 Å². The first kappa shape index (κ1) is 31.3. The molecule has 0 aromatic rings. The van der Waals surface area contributed by atoms with Crippen molar-refractivity contribution in [3.63, 3.8) is 0 Å². The molecule has 0 radical (unpaired) electrons. The minimum atomic E-state index is -1.16. The largest absolute Gasteiger partial charge is 0.480 e. The number of nitrogens with two attached hydrogens (primary N) is 2. The molecule has 5 atom stereocenters. The molecule has 11 nitrogen and oxygen atoms in total. The summed E-state index contributed by atoms with van der Waals surface area (Å²) in [6, 6.07) is -4.12. The summed E-state index contributed by atoms with van der Waals surface area (Å²) in [6.45, 7) is 11.1. The summed E-state index contributed by atoms with van der Waals surface area (Å²) in [7, 11) is 0. The summed E-state index contributed by atoms with van der Waals surface area (Å²) in [5, 5.41) is 17.1. The third-order valence-corrected chi connectivity index (χ3v) is 5.53. The molecule has 0 aliphatic heterocycles. The lowest BCUT2D eigenvalue weighted by atomic mass is 9.98. The van der Waals surface area contributed by atoms with Crippen LogP contribution in [-0.2, 0) is 24.0 Å². The van der Waals surface area contributed by atoms with Crippen LogP contribution in [0.5, 0.6) is 0 Å². The second-order valence-electron chi connectivity index (χ2n) is 9.70. The molecule has 0 spiro atoms. The van der Waals surface area contributed by atoms with Crippen LogP contribution in [-0.4, -0.2) is 58.9 Å². The average molecular weight is 486 g/mol. The van der Waals surface area contributed by atoms with Crippen LogP contribution >= 0.6 is 0 Å². The molecule has 0 rings (SSSR count). The second-order valence-corrected chi connectivity index (χ2v) is 9.70. The molecule has 0 bridgehead atoms. The van der Waals surface area contributed by atoms with Crippen molar-refractivity contribution in [3.05, 3.63) is 0 Å². The van der Waals surface area contributed by atoms with E-state index in [-0.39, 0.29) is 43.4 Å². The van der Waals surface area contributed by atoms with Gasteiger partial charge in [0.1, 0.15) is 18.1 Å². The number of hydrogen-bond acceptors (Lipinski definition) is 6. The van der Waals surface area contributed by atoms with Gasteiger partial charge in [-0.05, 0) is 37.0 Å². The quantitative estimate of drug-likeness (QED) is 0.180. The molecule has 34 heavy (non-hydrogen) atoms. The highest BCUT2D eigenvalue weighted by atomic mass is 16.4. The maximum absolute atomic E-state index is 13.0. The van der Waals surface area contributed by atoms with Crippen molar-refractivity contribution in [1.82, 2.24) is 16.0 Å². The summed E-state index contributed by atoms with van der Waals surface area (Å²) in [5.41, 5.74) is 11.2. The molecule has 8 N–H and O–H groups in total. The van der Waals surface area contributed by atoms with Gasteiger partial charge in [-0.2, -0.15) is 0 Å². The van der Waals surface area contributed by atoms with E-state index in [2.05, 4.69) is 16.0 Å². The molecule has 5 unspecified atom stereocenters. The van der Waals surface area contributed by atoms with Crippen LogP contribution in [0, 0.1) is 17.8 Å². The summed E-state index contributed by atoms with van der Waals surface area (Å²) < 4.78 is 0. The van der Waals surface area contributed by atoms with Crippen molar-refractivity contribution < 1.29 is 29.1 Å². The van der Waals surface area contributed by atoms with E-state index in [1.165, 1.54) is 0 Å². The normalized spacial score (nSPS) is 15.7. The molecule has 0 heterocycles. The van der Waals surface area contributed by atoms with Gasteiger partial charge in [-0.3, -0.25) is 19.2 Å². The van der Waals surface area contributed by atoms with Gasteiger partial charge in [-0.25, -0.2) is 4.79 Å². The lowest BCUT2D eigenvalue weighted by molar-refractivity contribution is -0.143. The Bertz CT molecular complexity index is 712. The van der Waals surface area contributed by atoms with E-state index < -0.39 is 53.8 Å². The first-order valence-electron chi connectivity index (χ1n) is 11.9. The highest BCUT2D eigenvalue weighted by Gasteiger charge is 2.31. The Kier molecular flexibility index (Phi) is 14.1. The minimum absolute atomic E-state index is 0.00177. The number of hydrogen-bond donors (Lipinski definition) is 6. The van der Waals surface area contributed by atoms with Crippen LogP contribution in [0.4, 0.5) is 0 Å². The summed E-state index contributed by atoms with van der Waals surface area (Å²) >= 11 is 0.